The Morgan fingerprint density at radius 1 is 0.943 bits per heavy atom. The molecule has 0 aliphatic carbocycles. The number of likely N-dealkylation sites (tertiary alicyclic amines) is 1. The Hall–Kier alpha value is -3.64. The summed E-state index contributed by atoms with van der Waals surface area (Å²) in [5.41, 5.74) is 1.59. The Kier molecular flexibility index (Phi) is 6.82. The summed E-state index contributed by atoms with van der Waals surface area (Å²) in [6.07, 6.45) is 1.32. The van der Waals surface area contributed by atoms with E-state index in [0.717, 1.165) is 32.6 Å². The van der Waals surface area contributed by atoms with E-state index >= 15 is 0 Å². The van der Waals surface area contributed by atoms with Gasteiger partial charge in [-0.1, -0.05) is 42.5 Å². The number of benzene rings is 3. The average Bonchev–Trinajstić information content (AvgIpc) is 3.44. The van der Waals surface area contributed by atoms with Crippen LogP contribution in [0.4, 0.5) is 5.69 Å². The molecule has 2 amide bonds. The molecule has 1 aliphatic rings. The van der Waals surface area contributed by atoms with Gasteiger partial charge in [-0.3, -0.25) is 9.59 Å². The molecule has 0 N–H and O–H groups in total. The van der Waals surface area contributed by atoms with Crippen LogP contribution < -0.4 is 9.64 Å². The first-order valence-electron chi connectivity index (χ1n) is 11.9. The van der Waals surface area contributed by atoms with Crippen molar-refractivity contribution in [3.05, 3.63) is 94.7 Å². The Morgan fingerprint density at radius 3 is 2.40 bits per heavy atom. The minimum atomic E-state index is -0.117. The molecular weight excluding hydrogens is 456 g/mol. The topological polar surface area (TPSA) is 49.9 Å². The van der Waals surface area contributed by atoms with Crippen molar-refractivity contribution >= 4 is 39.6 Å². The van der Waals surface area contributed by atoms with Crippen LogP contribution in [0.25, 0.3) is 10.8 Å². The summed E-state index contributed by atoms with van der Waals surface area (Å²) in [4.78, 5) is 31.9. The fraction of sp³-hybridized carbons (Fsp3) is 0.241. The van der Waals surface area contributed by atoms with Crippen LogP contribution in [0.15, 0.2) is 84.2 Å². The molecule has 1 saturated heterocycles. The van der Waals surface area contributed by atoms with Gasteiger partial charge in [0.25, 0.3) is 5.91 Å². The zero-order valence-electron chi connectivity index (χ0n) is 19.7. The second kappa shape index (κ2) is 10.3. The van der Waals surface area contributed by atoms with Gasteiger partial charge in [-0.2, -0.15) is 0 Å². The van der Waals surface area contributed by atoms with Gasteiger partial charge < -0.3 is 14.5 Å². The molecule has 0 radical (unpaired) electrons. The Bertz CT molecular complexity index is 1300. The molecule has 5 nitrogen and oxygen atoms in total. The number of ether oxygens (including phenoxy) is 1. The van der Waals surface area contributed by atoms with Crippen molar-refractivity contribution in [3.63, 3.8) is 0 Å². The number of rotatable bonds is 6. The third-order valence-corrected chi connectivity index (χ3v) is 7.56. The van der Waals surface area contributed by atoms with Crippen molar-refractivity contribution in [2.45, 2.75) is 19.4 Å². The minimum Gasteiger partial charge on any atom is -0.497 e. The van der Waals surface area contributed by atoms with E-state index in [2.05, 4.69) is 6.07 Å². The molecule has 5 rings (SSSR count). The van der Waals surface area contributed by atoms with Gasteiger partial charge in [0.05, 0.1) is 13.7 Å². The Balaban J connectivity index is 1.30. The fourth-order valence-corrected chi connectivity index (χ4v) is 5.44. The van der Waals surface area contributed by atoms with Crippen LogP contribution in [0.5, 0.6) is 5.75 Å². The number of anilines is 1. The highest BCUT2D eigenvalue weighted by atomic mass is 32.1. The number of carbonyl (C=O) groups excluding carboxylic acids is 2. The van der Waals surface area contributed by atoms with Crippen LogP contribution in [0.1, 0.15) is 28.1 Å². The highest BCUT2D eigenvalue weighted by Crippen LogP contribution is 2.29. The van der Waals surface area contributed by atoms with Gasteiger partial charge in [0, 0.05) is 35.1 Å². The maximum absolute atomic E-state index is 13.7. The molecule has 1 fully saturated rings. The zero-order valence-corrected chi connectivity index (χ0v) is 20.5. The standard InChI is InChI=1S/C29H28N2O3S/c1-34-24-13-11-23(12-14-24)31(20-25-8-5-19-35-25)28(32)22-15-17-30(18-16-22)29(33)27-10-4-7-21-6-2-3-9-26(21)27/h2-14,19,22H,15-18,20H2,1H3. The molecule has 0 atom stereocenters. The predicted octanol–water partition coefficient (Wildman–Crippen LogP) is 6.00. The number of carbonyl (C=O) groups is 2. The van der Waals surface area contributed by atoms with E-state index in [9.17, 15) is 9.59 Å². The van der Waals surface area contributed by atoms with Gasteiger partial charge in [-0.05, 0) is 65.4 Å². The summed E-state index contributed by atoms with van der Waals surface area (Å²) in [5, 5.41) is 4.07. The van der Waals surface area contributed by atoms with Gasteiger partial charge in [0.1, 0.15) is 5.75 Å². The zero-order chi connectivity index (χ0) is 24.2. The maximum Gasteiger partial charge on any atom is 0.254 e. The number of nitrogens with zero attached hydrogens (tertiary/aromatic N) is 2. The first-order chi connectivity index (χ1) is 17.1. The molecule has 1 aromatic heterocycles. The summed E-state index contributed by atoms with van der Waals surface area (Å²) in [7, 11) is 1.64. The molecule has 6 heteroatoms. The van der Waals surface area contributed by atoms with E-state index in [1.54, 1.807) is 18.4 Å². The predicted molar refractivity (Wildman–Crippen MR) is 141 cm³/mol. The summed E-state index contributed by atoms with van der Waals surface area (Å²) < 4.78 is 5.29. The van der Waals surface area contributed by atoms with Crippen LogP contribution >= 0.6 is 11.3 Å². The van der Waals surface area contributed by atoms with E-state index in [1.165, 1.54) is 0 Å². The molecule has 4 aromatic rings. The Labute approximate surface area is 209 Å². The number of fused-ring (bicyclic) bond motifs is 1. The quantitative estimate of drug-likeness (QED) is 0.337. The van der Waals surface area contributed by atoms with Crippen molar-refractivity contribution in [2.75, 3.05) is 25.1 Å². The number of piperidine rings is 1. The van der Waals surface area contributed by atoms with Crippen LogP contribution in [-0.4, -0.2) is 36.9 Å². The van der Waals surface area contributed by atoms with Gasteiger partial charge in [0.2, 0.25) is 5.91 Å². The highest BCUT2D eigenvalue weighted by molar-refractivity contribution is 7.09. The molecule has 2 heterocycles. The van der Waals surface area contributed by atoms with Crippen molar-refractivity contribution in [3.8, 4) is 5.75 Å². The highest BCUT2D eigenvalue weighted by Gasteiger charge is 2.31. The lowest BCUT2D eigenvalue weighted by atomic mass is 9.94. The van der Waals surface area contributed by atoms with Gasteiger partial charge >= 0.3 is 0 Å². The molecule has 1 aliphatic heterocycles. The second-order valence-electron chi connectivity index (χ2n) is 8.79. The lowest BCUT2D eigenvalue weighted by Crippen LogP contribution is -2.44. The number of amides is 2. The maximum atomic E-state index is 13.7. The SMILES string of the molecule is COc1ccc(N(Cc2cccs2)C(=O)C2CCN(C(=O)c3cccc4ccccc34)CC2)cc1. The van der Waals surface area contributed by atoms with Crippen LogP contribution in [0.2, 0.25) is 0 Å². The summed E-state index contributed by atoms with van der Waals surface area (Å²) in [6, 6.07) is 25.5. The van der Waals surface area contributed by atoms with Gasteiger partial charge in [-0.15, -0.1) is 11.3 Å². The second-order valence-corrected chi connectivity index (χ2v) is 9.83. The van der Waals surface area contributed by atoms with E-state index < -0.39 is 0 Å². The van der Waals surface area contributed by atoms with E-state index in [1.807, 2.05) is 88.0 Å². The first-order valence-corrected chi connectivity index (χ1v) is 12.8. The van der Waals surface area contributed by atoms with Crippen molar-refractivity contribution in [1.29, 1.82) is 0 Å². The first kappa shape index (κ1) is 23.1. The van der Waals surface area contributed by atoms with Gasteiger partial charge in [-0.25, -0.2) is 0 Å². The lowest BCUT2D eigenvalue weighted by Gasteiger charge is -2.34. The minimum absolute atomic E-state index is 0.0401. The average molecular weight is 485 g/mol. The van der Waals surface area contributed by atoms with Crippen molar-refractivity contribution in [1.82, 2.24) is 4.90 Å². The molecule has 178 valence electrons. The summed E-state index contributed by atoms with van der Waals surface area (Å²) >= 11 is 1.65. The smallest absolute Gasteiger partial charge is 0.254 e. The fourth-order valence-electron chi connectivity index (χ4n) is 4.75. The molecule has 3 aromatic carbocycles. The largest absolute Gasteiger partial charge is 0.497 e. The van der Waals surface area contributed by atoms with Gasteiger partial charge in [0.15, 0.2) is 0 Å². The van der Waals surface area contributed by atoms with E-state index in [0.29, 0.717) is 32.5 Å². The van der Waals surface area contributed by atoms with Crippen LogP contribution in [0, 0.1) is 5.92 Å². The summed E-state index contributed by atoms with van der Waals surface area (Å²) in [6.45, 7) is 1.69. The molecule has 0 bridgehead atoms. The lowest BCUT2D eigenvalue weighted by molar-refractivity contribution is -0.123. The van der Waals surface area contributed by atoms with Crippen LogP contribution in [-0.2, 0) is 11.3 Å². The molecule has 0 unspecified atom stereocenters. The monoisotopic (exact) mass is 484 g/mol. The Morgan fingerprint density at radius 2 is 1.69 bits per heavy atom. The molecular formula is C29H28N2O3S. The van der Waals surface area contributed by atoms with Crippen LogP contribution in [0.3, 0.4) is 0 Å². The number of hydrogen-bond donors (Lipinski definition) is 0. The van der Waals surface area contributed by atoms with E-state index in [-0.39, 0.29) is 17.7 Å². The molecule has 35 heavy (non-hydrogen) atoms. The van der Waals surface area contributed by atoms with Crippen molar-refractivity contribution < 1.29 is 14.3 Å². The normalized spacial score (nSPS) is 14.1. The van der Waals surface area contributed by atoms with Crippen molar-refractivity contribution in [2.24, 2.45) is 5.92 Å². The number of hydrogen-bond acceptors (Lipinski definition) is 4. The summed E-state index contributed by atoms with van der Waals surface area (Å²) in [5.74, 6) is 0.797. The molecule has 0 spiro atoms. The number of thiophene rings is 1. The van der Waals surface area contributed by atoms with E-state index in [4.69, 9.17) is 4.74 Å². The molecule has 0 saturated carbocycles. The third-order valence-electron chi connectivity index (χ3n) is 6.70. The number of methoxy groups -OCH3 is 1. The third kappa shape index (κ3) is 4.93.